The third-order valence-corrected chi connectivity index (χ3v) is 4.15. The van der Waals surface area contributed by atoms with Crippen molar-refractivity contribution in [3.05, 3.63) is 0 Å². The van der Waals surface area contributed by atoms with Gasteiger partial charge in [0.15, 0.2) is 0 Å². The molecule has 18 heavy (non-hydrogen) atoms. The molecule has 0 aromatic heterocycles. The van der Waals surface area contributed by atoms with Crippen LogP contribution in [0.25, 0.3) is 0 Å². The molecule has 0 bridgehead atoms. The zero-order chi connectivity index (χ0) is 13.7. The number of nitrogens with one attached hydrogen (secondary N) is 1. The van der Waals surface area contributed by atoms with Crippen molar-refractivity contribution in [1.29, 1.82) is 0 Å². The second kappa shape index (κ2) is 7.10. The van der Waals surface area contributed by atoms with Crippen LogP contribution in [0.5, 0.6) is 0 Å². The van der Waals surface area contributed by atoms with Gasteiger partial charge in [-0.3, -0.25) is 9.69 Å². The fourth-order valence-corrected chi connectivity index (χ4v) is 2.83. The fourth-order valence-electron chi connectivity index (χ4n) is 2.83. The van der Waals surface area contributed by atoms with Crippen molar-refractivity contribution in [1.82, 2.24) is 15.1 Å². The average molecular weight is 255 g/mol. The Morgan fingerprint density at radius 1 is 1.33 bits per heavy atom. The van der Waals surface area contributed by atoms with E-state index < -0.39 is 0 Å². The molecule has 1 saturated heterocycles. The maximum Gasteiger partial charge on any atom is 0.239 e. The van der Waals surface area contributed by atoms with Crippen LogP contribution < -0.4 is 5.32 Å². The molecule has 0 aromatic rings. The summed E-state index contributed by atoms with van der Waals surface area (Å²) in [5.74, 6) is 0.969. The van der Waals surface area contributed by atoms with Crippen LogP contribution in [0.1, 0.15) is 33.6 Å². The predicted octanol–water partition coefficient (Wildman–Crippen LogP) is 1.17. The highest BCUT2D eigenvalue weighted by molar-refractivity contribution is 5.80. The minimum atomic E-state index is 0.0235. The SMILES string of the molecule is CCNC(C)C1CCN(C(C)C(=O)N(C)C)CC1. The molecule has 0 spiro atoms. The molecule has 0 aromatic carbocycles. The lowest BCUT2D eigenvalue weighted by atomic mass is 9.89. The molecule has 4 heteroatoms. The summed E-state index contributed by atoms with van der Waals surface area (Å²) in [4.78, 5) is 15.9. The minimum Gasteiger partial charge on any atom is -0.347 e. The number of hydrogen-bond donors (Lipinski definition) is 1. The summed E-state index contributed by atoms with van der Waals surface area (Å²) in [5.41, 5.74) is 0. The van der Waals surface area contributed by atoms with Crippen molar-refractivity contribution in [2.75, 3.05) is 33.7 Å². The molecule has 1 heterocycles. The standard InChI is InChI=1S/C14H29N3O/c1-6-15-11(2)13-7-9-17(10-8-13)12(3)14(18)16(4)5/h11-13,15H,6-10H2,1-5H3. The van der Waals surface area contributed by atoms with Gasteiger partial charge < -0.3 is 10.2 Å². The first-order valence-electron chi connectivity index (χ1n) is 7.16. The Bertz CT molecular complexity index is 260. The molecular weight excluding hydrogens is 226 g/mol. The third-order valence-electron chi connectivity index (χ3n) is 4.15. The zero-order valence-electron chi connectivity index (χ0n) is 12.6. The molecule has 2 atom stereocenters. The van der Waals surface area contributed by atoms with E-state index >= 15 is 0 Å². The third kappa shape index (κ3) is 3.95. The number of rotatable bonds is 5. The van der Waals surface area contributed by atoms with Gasteiger partial charge in [0.1, 0.15) is 0 Å². The summed E-state index contributed by atoms with van der Waals surface area (Å²) < 4.78 is 0. The molecule has 0 radical (unpaired) electrons. The average Bonchev–Trinajstić information content (AvgIpc) is 2.37. The van der Waals surface area contributed by atoms with E-state index in [-0.39, 0.29) is 11.9 Å². The molecule has 1 N–H and O–H groups in total. The number of likely N-dealkylation sites (tertiary alicyclic amines) is 1. The Morgan fingerprint density at radius 2 is 1.89 bits per heavy atom. The molecule has 1 fully saturated rings. The summed E-state index contributed by atoms with van der Waals surface area (Å²) in [5, 5.41) is 3.51. The van der Waals surface area contributed by atoms with E-state index in [1.165, 1.54) is 12.8 Å². The summed E-state index contributed by atoms with van der Waals surface area (Å²) in [6.07, 6.45) is 2.39. The second-order valence-corrected chi connectivity index (χ2v) is 5.63. The highest BCUT2D eigenvalue weighted by Crippen LogP contribution is 2.22. The first-order valence-corrected chi connectivity index (χ1v) is 7.16. The number of hydrogen-bond acceptors (Lipinski definition) is 3. The van der Waals surface area contributed by atoms with Gasteiger partial charge in [-0.25, -0.2) is 0 Å². The van der Waals surface area contributed by atoms with Gasteiger partial charge in [0.25, 0.3) is 0 Å². The molecule has 1 aliphatic heterocycles. The van der Waals surface area contributed by atoms with E-state index in [1.54, 1.807) is 4.90 Å². The van der Waals surface area contributed by atoms with Gasteiger partial charge in [0.2, 0.25) is 5.91 Å². The van der Waals surface area contributed by atoms with Crippen molar-refractivity contribution in [2.45, 2.75) is 45.7 Å². The highest BCUT2D eigenvalue weighted by atomic mass is 16.2. The van der Waals surface area contributed by atoms with E-state index in [0.29, 0.717) is 6.04 Å². The van der Waals surface area contributed by atoms with Gasteiger partial charge in [-0.15, -0.1) is 0 Å². The first kappa shape index (κ1) is 15.4. The van der Waals surface area contributed by atoms with Gasteiger partial charge in [0, 0.05) is 20.1 Å². The van der Waals surface area contributed by atoms with E-state index in [0.717, 1.165) is 25.6 Å². The van der Waals surface area contributed by atoms with Crippen LogP contribution in [0.15, 0.2) is 0 Å². The van der Waals surface area contributed by atoms with Crippen LogP contribution in [0, 0.1) is 5.92 Å². The normalized spacial score (nSPS) is 21.6. The largest absolute Gasteiger partial charge is 0.347 e. The number of likely N-dealkylation sites (N-methyl/N-ethyl adjacent to an activating group) is 1. The van der Waals surface area contributed by atoms with Crippen LogP contribution in [-0.2, 0) is 4.79 Å². The van der Waals surface area contributed by atoms with Gasteiger partial charge >= 0.3 is 0 Å². The zero-order valence-corrected chi connectivity index (χ0v) is 12.6. The van der Waals surface area contributed by atoms with Crippen LogP contribution in [-0.4, -0.2) is 61.5 Å². The Hall–Kier alpha value is -0.610. The van der Waals surface area contributed by atoms with Crippen LogP contribution in [0.3, 0.4) is 0 Å². The molecule has 4 nitrogen and oxygen atoms in total. The number of amides is 1. The van der Waals surface area contributed by atoms with E-state index in [9.17, 15) is 4.79 Å². The number of carbonyl (C=O) groups excluding carboxylic acids is 1. The van der Waals surface area contributed by atoms with Crippen LogP contribution in [0.2, 0.25) is 0 Å². The molecule has 0 saturated carbocycles. The Kier molecular flexibility index (Phi) is 6.09. The lowest BCUT2D eigenvalue weighted by molar-refractivity contribution is -0.134. The van der Waals surface area contributed by atoms with Crippen LogP contribution >= 0.6 is 0 Å². The monoisotopic (exact) mass is 255 g/mol. The second-order valence-electron chi connectivity index (χ2n) is 5.63. The molecule has 2 unspecified atom stereocenters. The van der Waals surface area contributed by atoms with Crippen LogP contribution in [0.4, 0.5) is 0 Å². The lowest BCUT2D eigenvalue weighted by Crippen LogP contribution is -2.49. The van der Waals surface area contributed by atoms with Crippen molar-refractivity contribution in [3.63, 3.8) is 0 Å². The Labute approximate surface area is 112 Å². The maximum atomic E-state index is 11.9. The predicted molar refractivity (Wildman–Crippen MR) is 75.6 cm³/mol. The van der Waals surface area contributed by atoms with Crippen molar-refractivity contribution in [2.24, 2.45) is 5.92 Å². The smallest absolute Gasteiger partial charge is 0.239 e. The summed E-state index contributed by atoms with van der Waals surface area (Å²) in [7, 11) is 3.66. The Balaban J connectivity index is 2.41. The summed E-state index contributed by atoms with van der Waals surface area (Å²) in [6.45, 7) is 9.58. The van der Waals surface area contributed by atoms with Gasteiger partial charge in [-0.2, -0.15) is 0 Å². The number of nitrogens with zero attached hydrogens (tertiary/aromatic N) is 2. The van der Waals surface area contributed by atoms with E-state index in [2.05, 4.69) is 24.1 Å². The van der Waals surface area contributed by atoms with E-state index in [1.807, 2.05) is 21.0 Å². The molecular formula is C14H29N3O. The van der Waals surface area contributed by atoms with Crippen molar-refractivity contribution in [3.8, 4) is 0 Å². The molecule has 106 valence electrons. The summed E-state index contributed by atoms with van der Waals surface area (Å²) >= 11 is 0. The van der Waals surface area contributed by atoms with Gasteiger partial charge in [0.05, 0.1) is 6.04 Å². The Morgan fingerprint density at radius 3 is 2.33 bits per heavy atom. The minimum absolute atomic E-state index is 0.0235. The molecule has 1 amide bonds. The topological polar surface area (TPSA) is 35.6 Å². The number of piperidine rings is 1. The highest BCUT2D eigenvalue weighted by Gasteiger charge is 2.29. The quantitative estimate of drug-likeness (QED) is 0.801. The molecule has 0 aliphatic carbocycles. The van der Waals surface area contributed by atoms with Crippen molar-refractivity contribution < 1.29 is 4.79 Å². The molecule has 1 aliphatic rings. The number of carbonyl (C=O) groups is 1. The van der Waals surface area contributed by atoms with Gasteiger partial charge in [-0.1, -0.05) is 6.92 Å². The fraction of sp³-hybridized carbons (Fsp3) is 0.929. The van der Waals surface area contributed by atoms with Crippen molar-refractivity contribution >= 4 is 5.91 Å². The van der Waals surface area contributed by atoms with Gasteiger partial charge in [-0.05, 0) is 52.2 Å². The maximum absolute atomic E-state index is 11.9. The first-order chi connectivity index (χ1) is 8.47. The van der Waals surface area contributed by atoms with E-state index in [4.69, 9.17) is 0 Å². The summed E-state index contributed by atoms with van der Waals surface area (Å²) in [6, 6.07) is 0.618. The molecule has 1 rings (SSSR count). The lowest BCUT2D eigenvalue weighted by Gasteiger charge is -2.38.